The van der Waals surface area contributed by atoms with Gasteiger partial charge in [-0.3, -0.25) is 4.98 Å². The average Bonchev–Trinajstić information content (AvgIpc) is 2.35. The van der Waals surface area contributed by atoms with E-state index in [1.165, 1.54) is 19.3 Å². The highest BCUT2D eigenvalue weighted by Crippen LogP contribution is 2.26. The highest BCUT2D eigenvalue weighted by molar-refractivity contribution is 5.34. The molecule has 1 rings (SSSR count). The van der Waals surface area contributed by atoms with Gasteiger partial charge in [-0.2, -0.15) is 5.26 Å². The molecule has 2 heteroatoms. The molecule has 1 heterocycles. The fraction of sp³-hybridized carbons (Fsp3) is 0.571. The van der Waals surface area contributed by atoms with Gasteiger partial charge in [0.1, 0.15) is 6.07 Å². The highest BCUT2D eigenvalue weighted by atomic mass is 14.7. The minimum atomic E-state index is 0.447. The zero-order chi connectivity index (χ0) is 11.8. The van der Waals surface area contributed by atoms with Gasteiger partial charge in [-0.1, -0.05) is 33.1 Å². The predicted octanol–water partition coefficient (Wildman–Crippen LogP) is 4.03. The quantitative estimate of drug-likeness (QED) is 0.673. The second-order valence-electron chi connectivity index (χ2n) is 4.15. The number of hydrogen-bond donors (Lipinski definition) is 0. The van der Waals surface area contributed by atoms with Crippen molar-refractivity contribution >= 4 is 0 Å². The van der Waals surface area contributed by atoms with Crippen LogP contribution in [-0.4, -0.2) is 4.98 Å². The Morgan fingerprint density at radius 2 is 2.19 bits per heavy atom. The first-order valence-corrected chi connectivity index (χ1v) is 6.18. The number of unbranched alkanes of at least 4 members (excludes halogenated alkanes) is 2. The molecular formula is C14H20N2. The van der Waals surface area contributed by atoms with Gasteiger partial charge < -0.3 is 0 Å². The Balaban J connectivity index is 2.74. The third-order valence-corrected chi connectivity index (χ3v) is 2.99. The van der Waals surface area contributed by atoms with E-state index in [2.05, 4.69) is 24.9 Å². The van der Waals surface area contributed by atoms with E-state index in [9.17, 15) is 0 Å². The SMILES string of the molecule is CCCCCC(CC)c1ncccc1C#N. The summed E-state index contributed by atoms with van der Waals surface area (Å²) in [7, 11) is 0. The summed E-state index contributed by atoms with van der Waals surface area (Å²) >= 11 is 0. The third-order valence-electron chi connectivity index (χ3n) is 2.99. The van der Waals surface area contributed by atoms with Gasteiger partial charge in [0.05, 0.1) is 11.3 Å². The molecule has 0 amide bonds. The number of rotatable bonds is 6. The molecule has 0 aliphatic rings. The molecule has 16 heavy (non-hydrogen) atoms. The number of hydrogen-bond acceptors (Lipinski definition) is 2. The summed E-state index contributed by atoms with van der Waals surface area (Å²) in [6.07, 6.45) is 7.75. The Morgan fingerprint density at radius 3 is 2.81 bits per heavy atom. The highest BCUT2D eigenvalue weighted by Gasteiger charge is 2.14. The van der Waals surface area contributed by atoms with E-state index in [-0.39, 0.29) is 0 Å². The van der Waals surface area contributed by atoms with Crippen molar-refractivity contribution < 1.29 is 0 Å². The molecule has 0 N–H and O–H groups in total. The van der Waals surface area contributed by atoms with Crippen molar-refractivity contribution in [2.45, 2.75) is 51.9 Å². The first-order chi connectivity index (χ1) is 7.83. The van der Waals surface area contributed by atoms with E-state index < -0.39 is 0 Å². The lowest BCUT2D eigenvalue weighted by Gasteiger charge is -2.14. The van der Waals surface area contributed by atoms with E-state index in [1.54, 1.807) is 6.20 Å². The smallest absolute Gasteiger partial charge is 0.101 e. The van der Waals surface area contributed by atoms with Crippen LogP contribution in [-0.2, 0) is 0 Å². The van der Waals surface area contributed by atoms with E-state index >= 15 is 0 Å². The zero-order valence-corrected chi connectivity index (χ0v) is 10.2. The van der Waals surface area contributed by atoms with Gasteiger partial charge in [0, 0.05) is 12.1 Å². The van der Waals surface area contributed by atoms with Crippen molar-refractivity contribution in [1.29, 1.82) is 5.26 Å². The molecule has 0 fully saturated rings. The van der Waals surface area contributed by atoms with Crippen LogP contribution in [0.3, 0.4) is 0 Å². The molecule has 0 saturated carbocycles. The Hall–Kier alpha value is -1.36. The van der Waals surface area contributed by atoms with Gasteiger partial charge in [0.25, 0.3) is 0 Å². The summed E-state index contributed by atoms with van der Waals surface area (Å²) in [6.45, 7) is 4.38. The third kappa shape index (κ3) is 3.34. The van der Waals surface area contributed by atoms with E-state index in [1.807, 2.05) is 12.1 Å². The van der Waals surface area contributed by atoms with Gasteiger partial charge in [-0.25, -0.2) is 0 Å². The van der Waals surface area contributed by atoms with Gasteiger partial charge in [-0.15, -0.1) is 0 Å². The number of nitrogens with zero attached hydrogens (tertiary/aromatic N) is 2. The summed E-state index contributed by atoms with van der Waals surface area (Å²) in [4.78, 5) is 4.38. The summed E-state index contributed by atoms with van der Waals surface area (Å²) in [6, 6.07) is 5.94. The van der Waals surface area contributed by atoms with Crippen LogP contribution in [0.15, 0.2) is 18.3 Å². The van der Waals surface area contributed by atoms with Crippen molar-refractivity contribution in [2.75, 3.05) is 0 Å². The van der Waals surface area contributed by atoms with Crippen molar-refractivity contribution in [3.8, 4) is 6.07 Å². The Kier molecular flexibility index (Phi) is 5.56. The zero-order valence-electron chi connectivity index (χ0n) is 10.2. The summed E-state index contributed by atoms with van der Waals surface area (Å²) < 4.78 is 0. The van der Waals surface area contributed by atoms with Gasteiger partial charge in [0.2, 0.25) is 0 Å². The maximum absolute atomic E-state index is 9.04. The van der Waals surface area contributed by atoms with Crippen molar-refractivity contribution in [2.24, 2.45) is 0 Å². The molecule has 0 aliphatic carbocycles. The molecule has 0 saturated heterocycles. The minimum Gasteiger partial charge on any atom is -0.260 e. The van der Waals surface area contributed by atoms with E-state index in [0.717, 1.165) is 24.1 Å². The molecule has 1 unspecified atom stereocenters. The maximum atomic E-state index is 9.04. The van der Waals surface area contributed by atoms with Gasteiger partial charge >= 0.3 is 0 Å². The van der Waals surface area contributed by atoms with E-state index in [0.29, 0.717) is 5.92 Å². The lowest BCUT2D eigenvalue weighted by atomic mass is 9.92. The molecule has 1 aromatic rings. The molecule has 2 nitrogen and oxygen atoms in total. The van der Waals surface area contributed by atoms with Gasteiger partial charge in [-0.05, 0) is 25.0 Å². The predicted molar refractivity (Wildman–Crippen MR) is 66.1 cm³/mol. The molecule has 0 bridgehead atoms. The van der Waals surface area contributed by atoms with Gasteiger partial charge in [0.15, 0.2) is 0 Å². The van der Waals surface area contributed by atoms with Crippen LogP contribution >= 0.6 is 0 Å². The number of nitriles is 1. The standard InChI is InChI=1S/C14H20N2/c1-3-5-6-8-12(4-2)14-13(11-15)9-7-10-16-14/h7,9-10,12H,3-6,8H2,1-2H3. The van der Waals surface area contributed by atoms with Crippen LogP contribution in [0.25, 0.3) is 0 Å². The topological polar surface area (TPSA) is 36.7 Å². The Labute approximate surface area is 98.3 Å². The van der Waals surface area contributed by atoms with Crippen LogP contribution in [0.1, 0.15) is 63.1 Å². The first kappa shape index (κ1) is 12.7. The molecule has 86 valence electrons. The van der Waals surface area contributed by atoms with Crippen LogP contribution < -0.4 is 0 Å². The second-order valence-corrected chi connectivity index (χ2v) is 4.15. The minimum absolute atomic E-state index is 0.447. The summed E-state index contributed by atoms with van der Waals surface area (Å²) in [5, 5.41) is 9.04. The Morgan fingerprint density at radius 1 is 1.38 bits per heavy atom. The second kappa shape index (κ2) is 7.00. The first-order valence-electron chi connectivity index (χ1n) is 6.18. The maximum Gasteiger partial charge on any atom is 0.101 e. The number of aromatic nitrogens is 1. The van der Waals surface area contributed by atoms with Crippen LogP contribution in [0.2, 0.25) is 0 Å². The fourth-order valence-corrected chi connectivity index (χ4v) is 2.01. The van der Waals surface area contributed by atoms with E-state index in [4.69, 9.17) is 5.26 Å². The normalized spacial score (nSPS) is 12.1. The number of pyridine rings is 1. The van der Waals surface area contributed by atoms with Crippen LogP contribution in [0.5, 0.6) is 0 Å². The Bertz CT molecular complexity index is 352. The molecule has 0 spiro atoms. The summed E-state index contributed by atoms with van der Waals surface area (Å²) in [5.41, 5.74) is 1.73. The molecule has 1 atom stereocenters. The summed E-state index contributed by atoms with van der Waals surface area (Å²) in [5.74, 6) is 0.447. The molecule has 0 aliphatic heterocycles. The lowest BCUT2D eigenvalue weighted by molar-refractivity contribution is 0.542. The average molecular weight is 216 g/mol. The molecule has 0 radical (unpaired) electrons. The molecule has 0 aromatic carbocycles. The van der Waals surface area contributed by atoms with Crippen molar-refractivity contribution in [3.05, 3.63) is 29.6 Å². The fourth-order valence-electron chi connectivity index (χ4n) is 2.01. The lowest BCUT2D eigenvalue weighted by Crippen LogP contribution is -2.03. The van der Waals surface area contributed by atoms with Crippen LogP contribution in [0, 0.1) is 11.3 Å². The van der Waals surface area contributed by atoms with Crippen molar-refractivity contribution in [1.82, 2.24) is 4.98 Å². The monoisotopic (exact) mass is 216 g/mol. The molecule has 1 aromatic heterocycles. The van der Waals surface area contributed by atoms with Crippen LogP contribution in [0.4, 0.5) is 0 Å². The van der Waals surface area contributed by atoms with Crippen molar-refractivity contribution in [3.63, 3.8) is 0 Å². The molecular weight excluding hydrogens is 196 g/mol. The largest absolute Gasteiger partial charge is 0.260 e.